The van der Waals surface area contributed by atoms with Crippen molar-refractivity contribution in [3.63, 3.8) is 0 Å². The summed E-state index contributed by atoms with van der Waals surface area (Å²) in [6.45, 7) is 7.97. The van der Waals surface area contributed by atoms with E-state index in [1.54, 1.807) is 6.21 Å². The second-order valence-corrected chi connectivity index (χ2v) is 5.71. The Hall–Kier alpha value is -2.62. The summed E-state index contributed by atoms with van der Waals surface area (Å²) in [5.41, 5.74) is 7.95. The summed E-state index contributed by atoms with van der Waals surface area (Å²) in [4.78, 5) is 11.8. The SMILES string of the molecule is Cc1ccc(/C=N/NC(=O)COc2ccc(C)cc2C)c(C)c1. The summed E-state index contributed by atoms with van der Waals surface area (Å²) in [7, 11) is 0. The Bertz CT molecular complexity index is 736. The molecule has 23 heavy (non-hydrogen) atoms. The molecule has 0 aromatic heterocycles. The van der Waals surface area contributed by atoms with Crippen LogP contribution < -0.4 is 10.2 Å². The molecular weight excluding hydrogens is 288 g/mol. The molecule has 2 rings (SSSR count). The van der Waals surface area contributed by atoms with E-state index in [4.69, 9.17) is 4.74 Å². The summed E-state index contributed by atoms with van der Waals surface area (Å²) in [6.07, 6.45) is 1.64. The van der Waals surface area contributed by atoms with Crippen molar-refractivity contribution in [2.45, 2.75) is 27.7 Å². The van der Waals surface area contributed by atoms with Gasteiger partial charge in [-0.05, 0) is 50.5 Å². The van der Waals surface area contributed by atoms with Crippen LogP contribution in [0.3, 0.4) is 0 Å². The molecule has 0 aliphatic rings. The number of hydrazone groups is 1. The number of benzene rings is 2. The molecule has 0 bridgehead atoms. The summed E-state index contributed by atoms with van der Waals surface area (Å²) in [5.74, 6) is 0.426. The highest BCUT2D eigenvalue weighted by Crippen LogP contribution is 2.18. The molecule has 0 aliphatic heterocycles. The molecule has 120 valence electrons. The van der Waals surface area contributed by atoms with Crippen molar-refractivity contribution in [1.82, 2.24) is 5.43 Å². The van der Waals surface area contributed by atoms with Crippen molar-refractivity contribution >= 4 is 12.1 Å². The number of nitrogens with zero attached hydrogens (tertiary/aromatic N) is 1. The van der Waals surface area contributed by atoms with Gasteiger partial charge in [0.2, 0.25) is 0 Å². The highest BCUT2D eigenvalue weighted by molar-refractivity contribution is 5.84. The van der Waals surface area contributed by atoms with Crippen LogP contribution in [0.1, 0.15) is 27.8 Å². The molecule has 4 nitrogen and oxygen atoms in total. The van der Waals surface area contributed by atoms with Gasteiger partial charge in [-0.3, -0.25) is 4.79 Å². The average molecular weight is 310 g/mol. The van der Waals surface area contributed by atoms with Crippen LogP contribution in [0.25, 0.3) is 0 Å². The van der Waals surface area contributed by atoms with Crippen molar-refractivity contribution in [3.8, 4) is 5.75 Å². The smallest absolute Gasteiger partial charge is 0.277 e. The lowest BCUT2D eigenvalue weighted by Crippen LogP contribution is -2.24. The number of carbonyl (C=O) groups excluding carboxylic acids is 1. The summed E-state index contributed by atoms with van der Waals surface area (Å²) < 4.78 is 5.51. The fourth-order valence-electron chi connectivity index (χ4n) is 2.28. The van der Waals surface area contributed by atoms with Crippen LogP contribution in [-0.2, 0) is 4.79 Å². The fraction of sp³-hybridized carbons (Fsp3) is 0.263. The lowest BCUT2D eigenvalue weighted by atomic mass is 10.1. The Kier molecular flexibility index (Phi) is 5.52. The number of carbonyl (C=O) groups is 1. The number of aryl methyl sites for hydroxylation is 4. The molecule has 0 heterocycles. The largest absolute Gasteiger partial charge is 0.483 e. The molecule has 0 radical (unpaired) electrons. The molecule has 0 saturated carbocycles. The van der Waals surface area contributed by atoms with Gasteiger partial charge in [-0.1, -0.05) is 41.5 Å². The van der Waals surface area contributed by atoms with E-state index in [1.807, 2.05) is 58.0 Å². The first-order valence-electron chi connectivity index (χ1n) is 7.55. The molecule has 2 aromatic rings. The number of nitrogens with one attached hydrogen (secondary N) is 1. The van der Waals surface area contributed by atoms with E-state index >= 15 is 0 Å². The molecule has 0 aliphatic carbocycles. The van der Waals surface area contributed by atoms with Crippen LogP contribution in [0.2, 0.25) is 0 Å². The minimum atomic E-state index is -0.286. The zero-order chi connectivity index (χ0) is 16.8. The zero-order valence-electron chi connectivity index (χ0n) is 14.0. The van der Waals surface area contributed by atoms with Crippen LogP contribution in [0.4, 0.5) is 0 Å². The Morgan fingerprint density at radius 3 is 2.35 bits per heavy atom. The summed E-state index contributed by atoms with van der Waals surface area (Å²) in [6, 6.07) is 11.9. The van der Waals surface area contributed by atoms with Crippen molar-refractivity contribution in [3.05, 3.63) is 64.2 Å². The third kappa shape index (κ3) is 4.95. The zero-order valence-corrected chi connectivity index (χ0v) is 14.0. The van der Waals surface area contributed by atoms with Gasteiger partial charge in [-0.25, -0.2) is 5.43 Å². The van der Waals surface area contributed by atoms with Crippen molar-refractivity contribution in [2.75, 3.05) is 6.61 Å². The Morgan fingerprint density at radius 2 is 1.70 bits per heavy atom. The Balaban J connectivity index is 1.86. The van der Waals surface area contributed by atoms with Gasteiger partial charge in [-0.2, -0.15) is 5.10 Å². The molecule has 0 saturated heterocycles. The van der Waals surface area contributed by atoms with E-state index in [9.17, 15) is 4.79 Å². The molecule has 2 aromatic carbocycles. The van der Waals surface area contributed by atoms with Gasteiger partial charge in [-0.15, -0.1) is 0 Å². The third-order valence-electron chi connectivity index (χ3n) is 3.51. The number of rotatable bonds is 5. The maximum Gasteiger partial charge on any atom is 0.277 e. The van der Waals surface area contributed by atoms with E-state index in [0.717, 1.165) is 22.3 Å². The van der Waals surface area contributed by atoms with Gasteiger partial charge in [0, 0.05) is 0 Å². The minimum absolute atomic E-state index is 0.0614. The molecule has 0 atom stereocenters. The van der Waals surface area contributed by atoms with Gasteiger partial charge in [0.15, 0.2) is 6.61 Å². The van der Waals surface area contributed by atoms with Gasteiger partial charge >= 0.3 is 0 Å². The minimum Gasteiger partial charge on any atom is -0.483 e. The van der Waals surface area contributed by atoms with Crippen molar-refractivity contribution in [2.24, 2.45) is 5.10 Å². The third-order valence-corrected chi connectivity index (χ3v) is 3.51. The number of hydrogen-bond acceptors (Lipinski definition) is 3. The monoisotopic (exact) mass is 310 g/mol. The van der Waals surface area contributed by atoms with Gasteiger partial charge in [0.25, 0.3) is 5.91 Å². The van der Waals surface area contributed by atoms with E-state index in [0.29, 0.717) is 5.75 Å². The molecular formula is C19H22N2O2. The van der Waals surface area contributed by atoms with Crippen molar-refractivity contribution in [1.29, 1.82) is 0 Å². The van der Waals surface area contributed by atoms with Crippen LogP contribution in [-0.4, -0.2) is 18.7 Å². The molecule has 4 heteroatoms. The Labute approximate surface area is 137 Å². The van der Waals surface area contributed by atoms with Gasteiger partial charge in [0.05, 0.1) is 6.21 Å². The summed E-state index contributed by atoms with van der Waals surface area (Å²) in [5, 5.41) is 3.98. The predicted molar refractivity (Wildman–Crippen MR) is 93.1 cm³/mol. The normalized spacial score (nSPS) is 10.8. The van der Waals surface area contributed by atoms with E-state index in [2.05, 4.69) is 16.6 Å². The van der Waals surface area contributed by atoms with Crippen LogP contribution in [0.5, 0.6) is 5.75 Å². The lowest BCUT2D eigenvalue weighted by Gasteiger charge is -2.08. The highest BCUT2D eigenvalue weighted by atomic mass is 16.5. The second-order valence-electron chi connectivity index (χ2n) is 5.71. The molecule has 0 spiro atoms. The van der Waals surface area contributed by atoms with E-state index in [-0.39, 0.29) is 12.5 Å². The van der Waals surface area contributed by atoms with Gasteiger partial charge < -0.3 is 4.74 Å². The van der Waals surface area contributed by atoms with Crippen LogP contribution in [0, 0.1) is 27.7 Å². The molecule has 0 fully saturated rings. The molecule has 1 N–H and O–H groups in total. The average Bonchev–Trinajstić information content (AvgIpc) is 2.48. The first kappa shape index (κ1) is 16.7. The van der Waals surface area contributed by atoms with Gasteiger partial charge in [0.1, 0.15) is 5.75 Å². The first-order chi connectivity index (χ1) is 11.0. The number of hydrogen-bond donors (Lipinski definition) is 1. The van der Waals surface area contributed by atoms with Crippen LogP contribution >= 0.6 is 0 Å². The predicted octanol–water partition coefficient (Wildman–Crippen LogP) is 3.45. The summed E-state index contributed by atoms with van der Waals surface area (Å²) >= 11 is 0. The maximum absolute atomic E-state index is 11.8. The number of amides is 1. The number of ether oxygens (including phenoxy) is 1. The standard InChI is InChI=1S/C19H22N2O2/c1-13-5-7-17(15(3)9-13)11-20-21-19(22)12-23-18-8-6-14(2)10-16(18)4/h5-11H,12H2,1-4H3,(H,21,22)/b20-11+. The molecule has 0 unspecified atom stereocenters. The first-order valence-corrected chi connectivity index (χ1v) is 7.55. The quantitative estimate of drug-likeness (QED) is 0.679. The fourth-order valence-corrected chi connectivity index (χ4v) is 2.28. The maximum atomic E-state index is 11.8. The van der Waals surface area contributed by atoms with E-state index in [1.165, 1.54) is 5.56 Å². The van der Waals surface area contributed by atoms with Crippen LogP contribution in [0.15, 0.2) is 41.5 Å². The second kappa shape index (κ2) is 7.58. The topological polar surface area (TPSA) is 50.7 Å². The lowest BCUT2D eigenvalue weighted by molar-refractivity contribution is -0.123. The van der Waals surface area contributed by atoms with E-state index < -0.39 is 0 Å². The Morgan fingerprint density at radius 1 is 1.04 bits per heavy atom. The highest BCUT2D eigenvalue weighted by Gasteiger charge is 2.04. The molecule has 1 amide bonds. The van der Waals surface area contributed by atoms with Crippen molar-refractivity contribution < 1.29 is 9.53 Å².